The molecule has 1 rings (SSSR count). The summed E-state index contributed by atoms with van der Waals surface area (Å²) in [5.74, 6) is -1.77. The molecule has 0 aromatic heterocycles. The van der Waals surface area contributed by atoms with Gasteiger partial charge in [-0.1, -0.05) is 11.6 Å². The fraction of sp³-hybridized carbons (Fsp3) is 0.500. The van der Waals surface area contributed by atoms with Gasteiger partial charge in [-0.2, -0.15) is 13.2 Å². The molecule has 0 spiro atoms. The molecule has 27 heavy (non-hydrogen) atoms. The van der Waals surface area contributed by atoms with Crippen LogP contribution in [0.15, 0.2) is 21.9 Å². The van der Waals surface area contributed by atoms with Crippen molar-refractivity contribution < 1.29 is 36.6 Å². The van der Waals surface area contributed by atoms with Crippen molar-refractivity contribution in [3.8, 4) is 0 Å². The Morgan fingerprint density at radius 1 is 1.37 bits per heavy atom. The number of hydrogen-bond donors (Lipinski definition) is 4. The third kappa shape index (κ3) is 5.48. The van der Waals surface area contributed by atoms with Gasteiger partial charge in [-0.25, -0.2) is 13.1 Å². The van der Waals surface area contributed by atoms with Crippen LogP contribution in [0.4, 0.5) is 18.9 Å². The number of aliphatic hydroxyl groups excluding tert-OH is 1. The smallest absolute Gasteiger partial charge is 0.392 e. The summed E-state index contributed by atoms with van der Waals surface area (Å²) < 4.78 is 65.0. The molecule has 0 unspecified atom stereocenters. The Labute approximate surface area is 163 Å². The molecule has 1 amide bonds. The summed E-state index contributed by atoms with van der Waals surface area (Å²) in [5, 5.41) is 20.1. The molecule has 4 N–H and O–H groups in total. The molecule has 0 radical (unpaired) electrons. The van der Waals surface area contributed by atoms with Crippen LogP contribution in [0.1, 0.15) is 13.8 Å². The number of nitrogens with one attached hydrogen (secondary N) is 2. The van der Waals surface area contributed by atoms with E-state index in [-0.39, 0.29) is 34.0 Å². The van der Waals surface area contributed by atoms with E-state index in [1.54, 1.807) is 0 Å². The number of thioether (sulfide) groups is 1. The first-order valence-corrected chi connectivity index (χ1v) is 10.4. The number of sulfonamides is 1. The lowest BCUT2D eigenvalue weighted by Gasteiger charge is -2.25. The first-order valence-electron chi connectivity index (χ1n) is 7.30. The average Bonchev–Trinajstić information content (AvgIpc) is 2.53. The first-order chi connectivity index (χ1) is 12.1. The van der Waals surface area contributed by atoms with E-state index in [1.165, 1.54) is 13.2 Å². The molecule has 0 aliphatic heterocycles. The molecule has 0 bridgehead atoms. The minimum absolute atomic E-state index is 0.0285. The Kier molecular flexibility index (Phi) is 7.58. The molecule has 7 nitrogen and oxygen atoms in total. The van der Waals surface area contributed by atoms with E-state index in [4.69, 9.17) is 11.6 Å². The maximum Gasteiger partial charge on any atom is 0.426 e. The van der Waals surface area contributed by atoms with Crippen LogP contribution in [0.25, 0.3) is 0 Å². The van der Waals surface area contributed by atoms with Crippen molar-refractivity contribution >= 4 is 45.0 Å². The predicted octanol–water partition coefficient (Wildman–Crippen LogP) is 1.97. The van der Waals surface area contributed by atoms with Crippen molar-refractivity contribution in [2.24, 2.45) is 0 Å². The van der Waals surface area contributed by atoms with Crippen LogP contribution in [-0.2, 0) is 14.8 Å². The number of carbonyl (C=O) groups excluding carboxylic acids is 1. The Hall–Kier alpha value is -1.05. The van der Waals surface area contributed by atoms with E-state index < -0.39 is 33.8 Å². The zero-order valence-corrected chi connectivity index (χ0v) is 16.8. The third-order valence-electron chi connectivity index (χ3n) is 3.37. The Morgan fingerprint density at radius 2 is 1.93 bits per heavy atom. The van der Waals surface area contributed by atoms with E-state index in [2.05, 4.69) is 4.72 Å². The number of alkyl halides is 3. The number of anilines is 1. The maximum atomic E-state index is 12.7. The summed E-state index contributed by atoms with van der Waals surface area (Å²) in [6.07, 6.45) is -4.69. The van der Waals surface area contributed by atoms with Gasteiger partial charge in [0.2, 0.25) is 15.6 Å². The molecule has 0 fully saturated rings. The second-order valence-corrected chi connectivity index (χ2v) is 8.61. The Balaban J connectivity index is 3.27. The first kappa shape index (κ1) is 24.0. The minimum atomic E-state index is -5.22. The zero-order valence-electron chi connectivity index (χ0n) is 14.4. The second-order valence-electron chi connectivity index (χ2n) is 5.68. The van der Waals surface area contributed by atoms with E-state index in [9.17, 15) is 36.6 Å². The third-order valence-corrected chi connectivity index (χ3v) is 6.30. The van der Waals surface area contributed by atoms with Crippen LogP contribution in [0, 0.1) is 0 Å². The number of aliphatic hydroxyl groups is 2. The number of halogens is 4. The van der Waals surface area contributed by atoms with Crippen LogP contribution < -0.4 is 10.0 Å². The summed E-state index contributed by atoms with van der Waals surface area (Å²) in [4.78, 5) is 11.5. The van der Waals surface area contributed by atoms with Crippen LogP contribution in [0.3, 0.4) is 0 Å². The molecule has 0 aliphatic rings. The molecule has 1 aromatic rings. The summed E-state index contributed by atoms with van der Waals surface area (Å²) >= 11 is 6.94. The molecule has 154 valence electrons. The number of carbonyl (C=O) groups is 1. The normalized spacial score (nSPS) is 15.9. The van der Waals surface area contributed by atoms with Crippen LogP contribution in [0.5, 0.6) is 0 Å². The van der Waals surface area contributed by atoms with E-state index in [0.29, 0.717) is 0 Å². The highest BCUT2D eigenvalue weighted by molar-refractivity contribution is 7.99. The molecular weight excluding hydrogens is 433 g/mol. The number of amides is 1. The van der Waals surface area contributed by atoms with Crippen molar-refractivity contribution in [2.75, 3.05) is 18.1 Å². The fourth-order valence-corrected chi connectivity index (χ4v) is 4.56. The molecule has 1 aromatic carbocycles. The van der Waals surface area contributed by atoms with Crippen LogP contribution >= 0.6 is 23.4 Å². The molecule has 0 saturated carbocycles. The van der Waals surface area contributed by atoms with Gasteiger partial charge in [0.05, 0.1) is 21.7 Å². The van der Waals surface area contributed by atoms with Gasteiger partial charge in [-0.15, -0.1) is 11.8 Å². The lowest BCUT2D eigenvalue weighted by molar-refractivity contribution is -0.242. The SMILES string of the molecule is CSc1c(S(=O)(=O)NC[C@@H](C)O)ccc(NC(=O)[C@@](C)(O)C(F)(F)F)c1Cl. The van der Waals surface area contributed by atoms with Gasteiger partial charge in [0.25, 0.3) is 5.91 Å². The standard InChI is InChI=1S/C14H18ClF3N2O5S2/c1-7(21)6-19-27(24,25)9-5-4-8(10(15)11(9)26-3)20-12(22)13(2,23)14(16,17)18/h4-5,7,19,21,23H,6H2,1-3H3,(H,20,22)/t7-,13-/m1/s1. The van der Waals surface area contributed by atoms with Gasteiger partial charge in [-0.3, -0.25) is 4.79 Å². The van der Waals surface area contributed by atoms with Crippen LogP contribution in [-0.4, -0.2) is 55.2 Å². The lowest BCUT2D eigenvalue weighted by atomic mass is 10.1. The molecule has 0 saturated heterocycles. The highest BCUT2D eigenvalue weighted by Gasteiger charge is 2.55. The van der Waals surface area contributed by atoms with Crippen molar-refractivity contribution in [1.29, 1.82) is 0 Å². The Bertz CT molecular complexity index is 814. The number of rotatable bonds is 7. The lowest BCUT2D eigenvalue weighted by Crippen LogP contribution is -2.52. The largest absolute Gasteiger partial charge is 0.426 e. The van der Waals surface area contributed by atoms with Gasteiger partial charge in [0.15, 0.2) is 0 Å². The average molecular weight is 451 g/mol. The molecule has 2 atom stereocenters. The van der Waals surface area contributed by atoms with Crippen LogP contribution in [0.2, 0.25) is 5.02 Å². The molecular formula is C14H18ClF3N2O5S2. The van der Waals surface area contributed by atoms with Gasteiger partial charge in [0.1, 0.15) is 0 Å². The highest BCUT2D eigenvalue weighted by Crippen LogP contribution is 2.38. The van der Waals surface area contributed by atoms with E-state index >= 15 is 0 Å². The van der Waals surface area contributed by atoms with Crippen molar-refractivity contribution in [2.45, 2.75) is 41.5 Å². The molecule has 0 heterocycles. The summed E-state index contributed by atoms with van der Waals surface area (Å²) in [5.41, 5.74) is -3.97. The monoisotopic (exact) mass is 450 g/mol. The Morgan fingerprint density at radius 3 is 2.37 bits per heavy atom. The maximum absolute atomic E-state index is 12.7. The van der Waals surface area contributed by atoms with Crippen molar-refractivity contribution in [3.63, 3.8) is 0 Å². The summed E-state index contributed by atoms with van der Waals surface area (Å²) in [6, 6.07) is 2.04. The van der Waals surface area contributed by atoms with Gasteiger partial charge < -0.3 is 15.5 Å². The zero-order chi connectivity index (χ0) is 21.2. The second kappa shape index (κ2) is 8.53. The number of hydrogen-bond acceptors (Lipinski definition) is 6. The minimum Gasteiger partial charge on any atom is -0.392 e. The predicted molar refractivity (Wildman–Crippen MR) is 95.4 cm³/mol. The fourth-order valence-electron chi connectivity index (χ4n) is 1.72. The van der Waals surface area contributed by atoms with E-state index in [0.717, 1.165) is 23.9 Å². The topological polar surface area (TPSA) is 116 Å². The van der Waals surface area contributed by atoms with Crippen molar-refractivity contribution in [3.05, 3.63) is 17.2 Å². The quantitative estimate of drug-likeness (QED) is 0.472. The van der Waals surface area contributed by atoms with Gasteiger partial charge >= 0.3 is 6.18 Å². The summed E-state index contributed by atoms with van der Waals surface area (Å²) in [6.45, 7) is 1.39. The van der Waals surface area contributed by atoms with Gasteiger partial charge in [-0.05, 0) is 32.2 Å². The number of benzene rings is 1. The molecule has 0 aliphatic carbocycles. The van der Waals surface area contributed by atoms with Gasteiger partial charge in [0, 0.05) is 11.4 Å². The van der Waals surface area contributed by atoms with E-state index in [1.807, 2.05) is 5.32 Å². The van der Waals surface area contributed by atoms with Crippen molar-refractivity contribution in [1.82, 2.24) is 4.72 Å². The highest BCUT2D eigenvalue weighted by atomic mass is 35.5. The summed E-state index contributed by atoms with van der Waals surface area (Å²) in [7, 11) is -4.07. The molecule has 13 heteroatoms.